The molecule has 3 aliphatic rings. The summed E-state index contributed by atoms with van der Waals surface area (Å²) in [4.78, 5) is 11.9. The van der Waals surface area contributed by atoms with E-state index in [9.17, 15) is 43.7 Å². The summed E-state index contributed by atoms with van der Waals surface area (Å²) in [5.74, 6) is -1.66. The van der Waals surface area contributed by atoms with Crippen LogP contribution in [0, 0.1) is 0 Å². The van der Waals surface area contributed by atoms with E-state index in [1.165, 1.54) is 24.5 Å². The van der Waals surface area contributed by atoms with Crippen molar-refractivity contribution in [3.63, 3.8) is 0 Å². The first kappa shape index (κ1) is 79.7. The number of fused-ring (bicyclic) bond motifs is 2. The second-order valence-corrected chi connectivity index (χ2v) is 23.4. The average Bonchev–Trinajstić information content (AvgIpc) is 1.60. The Bertz CT molecular complexity index is 2820. The molecule has 0 spiro atoms. The van der Waals surface area contributed by atoms with E-state index in [1.54, 1.807) is 38.3 Å². The Morgan fingerprint density at radius 3 is 1.57 bits per heavy atom. The van der Waals surface area contributed by atoms with Crippen LogP contribution in [0.2, 0.25) is 0 Å². The number of hydrogen-bond donors (Lipinski definition) is 1. The Kier molecular flexibility index (Phi) is 41.7. The number of hydrogen-bond acceptors (Lipinski definition) is 24. The SMILES string of the molecule is COCCOCCOCCOCCOCCOCC[N+](CCCS(=O)(=O)[O-])=c1ccc2c(/C=C/C=C3/N(CCOCCOCCOCCOCCOCCOCCC(=O)O)c4ccc(S(=O)(=O)[O-])cc4C3(C)CCCS(=O)(=O)[O-])ccoc-2c1.[Na+].[Na+]. The van der Waals surface area contributed by atoms with E-state index < -0.39 is 58.1 Å². The number of nitrogens with zero attached hydrogens (tertiary/aromatic N) is 2. The molecule has 2 aliphatic heterocycles. The fraction of sp³-hybridized carbons (Fsp3) is 0.636. The molecule has 4 rings (SSSR count). The Morgan fingerprint density at radius 2 is 1.08 bits per heavy atom. The first-order chi connectivity index (χ1) is 40.3. The number of rotatable bonds is 50. The number of ether oxygens (including phenoxy) is 12. The zero-order chi connectivity index (χ0) is 60.9. The third kappa shape index (κ3) is 33.1. The van der Waals surface area contributed by atoms with E-state index in [2.05, 4.69) is 0 Å². The second-order valence-electron chi connectivity index (χ2n) is 18.9. The number of anilines is 1. The number of aliphatic carboxylic acids is 1. The summed E-state index contributed by atoms with van der Waals surface area (Å²) in [5, 5.41) is 9.30. The van der Waals surface area contributed by atoms with Gasteiger partial charge in [0.05, 0.1) is 189 Å². The zero-order valence-electron chi connectivity index (χ0n) is 49.9. The van der Waals surface area contributed by atoms with E-state index in [4.69, 9.17) is 66.4 Å². The maximum atomic E-state index is 12.3. The van der Waals surface area contributed by atoms with Gasteiger partial charge in [0.15, 0.2) is 6.54 Å². The van der Waals surface area contributed by atoms with Crippen LogP contribution in [0.1, 0.15) is 43.7 Å². The minimum atomic E-state index is -4.90. The molecule has 86 heavy (non-hydrogen) atoms. The van der Waals surface area contributed by atoms with E-state index in [1.807, 2.05) is 27.7 Å². The molecule has 31 heteroatoms. The Balaban J connectivity index is 0.0000126. The van der Waals surface area contributed by atoms with Crippen LogP contribution in [0.15, 0.2) is 75.9 Å². The maximum Gasteiger partial charge on any atom is 1.00 e. The third-order valence-electron chi connectivity index (χ3n) is 12.7. The number of allylic oxidation sites excluding steroid dienone is 3. The van der Waals surface area contributed by atoms with Gasteiger partial charge in [-0.15, -0.1) is 0 Å². The van der Waals surface area contributed by atoms with Gasteiger partial charge in [0.25, 0.3) is 0 Å². The van der Waals surface area contributed by atoms with E-state index >= 15 is 0 Å². The maximum absolute atomic E-state index is 12.3. The summed E-state index contributed by atoms with van der Waals surface area (Å²) in [5.41, 5.74) is 1.97. The number of carboxylic acids is 1. The van der Waals surface area contributed by atoms with Crippen molar-refractivity contribution in [1.29, 1.82) is 0 Å². The van der Waals surface area contributed by atoms with Crippen molar-refractivity contribution >= 4 is 48.1 Å². The molecule has 0 fully saturated rings. The minimum Gasteiger partial charge on any atom is -0.748 e. The van der Waals surface area contributed by atoms with Crippen molar-refractivity contribution < 1.29 is 169 Å². The summed E-state index contributed by atoms with van der Waals surface area (Å²) < 4.78 is 181. The molecule has 0 saturated carbocycles. The molecular formula is C55H82N2Na2O24S3. The Labute approximate surface area is 549 Å². The van der Waals surface area contributed by atoms with Crippen molar-refractivity contribution in [1.82, 2.24) is 4.58 Å². The zero-order valence-corrected chi connectivity index (χ0v) is 56.4. The van der Waals surface area contributed by atoms with Crippen molar-refractivity contribution in [2.45, 2.75) is 42.9 Å². The first-order valence-corrected chi connectivity index (χ1v) is 32.2. The van der Waals surface area contributed by atoms with Gasteiger partial charge in [-0.2, -0.15) is 0 Å². The molecule has 0 radical (unpaired) electrons. The summed E-state index contributed by atoms with van der Waals surface area (Å²) in [6, 6.07) is 11.3. The smallest absolute Gasteiger partial charge is 0.748 e. The molecule has 1 aromatic rings. The Morgan fingerprint density at radius 1 is 0.605 bits per heavy atom. The normalized spacial score (nSPS) is 15.4. The van der Waals surface area contributed by atoms with Crippen molar-refractivity contribution in [2.24, 2.45) is 0 Å². The topological polar surface area (TPSA) is 339 Å². The first-order valence-electron chi connectivity index (χ1n) is 27.6. The van der Waals surface area contributed by atoms with Gasteiger partial charge in [0, 0.05) is 60.0 Å². The quantitative estimate of drug-likeness (QED) is 0.0246. The number of carboxylic acid groups (broad SMARTS) is 1. The van der Waals surface area contributed by atoms with Crippen molar-refractivity contribution in [3.05, 3.63) is 83.1 Å². The summed E-state index contributed by atoms with van der Waals surface area (Å²) >= 11 is 0. The van der Waals surface area contributed by atoms with Crippen LogP contribution in [-0.4, -0.2) is 240 Å². The third-order valence-corrected chi connectivity index (χ3v) is 15.1. The van der Waals surface area contributed by atoms with Gasteiger partial charge in [0.2, 0.25) is 5.36 Å². The number of carbonyl (C=O) groups is 1. The van der Waals surface area contributed by atoms with E-state index in [0.29, 0.717) is 159 Å². The molecule has 0 saturated heterocycles. The van der Waals surface area contributed by atoms with Crippen LogP contribution in [0.3, 0.4) is 0 Å². The molecule has 0 bridgehead atoms. The summed E-state index contributed by atoms with van der Waals surface area (Å²) in [7, 11) is -12.4. The minimum absolute atomic E-state index is 0. The van der Waals surface area contributed by atoms with Gasteiger partial charge < -0.3 is 84.9 Å². The van der Waals surface area contributed by atoms with Crippen molar-refractivity contribution in [3.8, 4) is 11.3 Å². The predicted molar refractivity (Wildman–Crippen MR) is 303 cm³/mol. The molecular weight excluding hydrogens is 1210 g/mol. The molecule has 1 N–H and O–H groups in total. The van der Waals surface area contributed by atoms with Crippen LogP contribution in [0.25, 0.3) is 17.4 Å². The summed E-state index contributed by atoms with van der Waals surface area (Å²) in [6.45, 7) is 10.5. The molecule has 476 valence electrons. The van der Waals surface area contributed by atoms with E-state index in [-0.39, 0.29) is 131 Å². The van der Waals surface area contributed by atoms with Gasteiger partial charge in [0.1, 0.15) is 29.0 Å². The standard InChI is InChI=1S/C55H84N2O24S3.2Na/c1-55(14-4-42-82(60,61)62)50-45-48(84(66,67)68)9-11-51(50)57(17-21-72-26-29-76-34-37-80-41-40-78-35-32-74-27-24-70-18-13-54(58)59)53(55)7-3-6-46-12-19-81-52-44-47(8-10-49(46)52)56(15-5-43-83(63,64)65)16-20-71-25-28-75-33-36-79-39-38-77-31-30-73-23-22-69-2;;/h3,6-12,19,44-45H,4-5,13-18,20-43H2,1-2H3,(H3-,58,59,60,61,62,63,64,65,66,67,68);;/q;2*+1/p-2. The van der Waals surface area contributed by atoms with Gasteiger partial charge >= 0.3 is 65.1 Å². The van der Waals surface area contributed by atoms with Gasteiger partial charge in [-0.1, -0.05) is 12.2 Å². The molecule has 0 amide bonds. The number of methoxy groups -OCH3 is 1. The van der Waals surface area contributed by atoms with Gasteiger partial charge in [-0.05, 0) is 67.3 Å². The fourth-order valence-electron chi connectivity index (χ4n) is 8.61. The molecule has 1 unspecified atom stereocenters. The molecule has 0 aromatic heterocycles. The van der Waals surface area contributed by atoms with Crippen molar-refractivity contribution in [2.75, 3.05) is 195 Å². The van der Waals surface area contributed by atoms with E-state index in [0.717, 1.165) is 5.56 Å². The van der Waals surface area contributed by atoms with Gasteiger partial charge in [-0.3, -0.25) is 4.79 Å². The predicted octanol–water partition coefficient (Wildman–Crippen LogP) is -3.69. The van der Waals surface area contributed by atoms with Gasteiger partial charge in [-0.25, -0.2) is 29.8 Å². The fourth-order valence-corrected chi connectivity index (χ4v) is 10.1. The number of benzene rings is 2. The summed E-state index contributed by atoms with van der Waals surface area (Å²) in [6.07, 6.45) is 6.96. The second kappa shape index (κ2) is 45.0. The van der Waals surface area contributed by atoms with Crippen LogP contribution in [0.5, 0.6) is 0 Å². The molecule has 1 atom stereocenters. The van der Waals surface area contributed by atoms with Crippen LogP contribution >= 0.6 is 0 Å². The molecule has 26 nitrogen and oxygen atoms in total. The van der Waals surface area contributed by atoms with Crippen LogP contribution in [0.4, 0.5) is 5.69 Å². The molecule has 1 aromatic carbocycles. The monoisotopic (exact) mass is 1300 g/mol. The average molecular weight is 1300 g/mol. The Hall–Kier alpha value is -2.35. The van der Waals surface area contributed by atoms with Crippen LogP contribution < -0.4 is 73.9 Å². The molecule has 2 heterocycles. The largest absolute Gasteiger partial charge is 1.00 e. The van der Waals surface area contributed by atoms with Crippen LogP contribution in [-0.2, 0) is 97.4 Å². The molecule has 1 aliphatic carbocycles.